The summed E-state index contributed by atoms with van der Waals surface area (Å²) in [5.41, 5.74) is 1.35. The maximum atomic E-state index is 12.2. The molecule has 0 bridgehead atoms. The summed E-state index contributed by atoms with van der Waals surface area (Å²) in [6, 6.07) is 11.7. The molecule has 1 unspecified atom stereocenters. The van der Waals surface area contributed by atoms with Crippen molar-refractivity contribution in [3.05, 3.63) is 64.4 Å². The predicted molar refractivity (Wildman–Crippen MR) is 108 cm³/mol. The van der Waals surface area contributed by atoms with Crippen LogP contribution in [0.4, 0.5) is 11.6 Å². The van der Waals surface area contributed by atoms with E-state index in [1.165, 1.54) is 6.33 Å². The summed E-state index contributed by atoms with van der Waals surface area (Å²) in [5, 5.41) is 10.3. The molecule has 3 aromatic rings. The van der Waals surface area contributed by atoms with Crippen LogP contribution in [0.25, 0.3) is 0 Å². The van der Waals surface area contributed by atoms with Crippen molar-refractivity contribution in [3.63, 3.8) is 0 Å². The molecule has 0 aliphatic carbocycles. The molecule has 0 saturated heterocycles. The largest absolute Gasteiger partial charge is 0.484 e. The third-order valence-corrected chi connectivity index (χ3v) is 5.05. The molecule has 0 fully saturated rings. The number of rotatable bonds is 5. The van der Waals surface area contributed by atoms with Crippen LogP contribution in [-0.2, 0) is 9.59 Å². The fourth-order valence-electron chi connectivity index (χ4n) is 3.00. The van der Waals surface area contributed by atoms with Crippen molar-refractivity contribution in [1.82, 2.24) is 14.8 Å². The maximum Gasteiger partial charge on any atom is 0.262 e. The van der Waals surface area contributed by atoms with E-state index in [-0.39, 0.29) is 30.9 Å². The number of halogens is 2. The van der Waals surface area contributed by atoms with Crippen molar-refractivity contribution in [2.75, 3.05) is 17.2 Å². The molecule has 1 aromatic heterocycles. The minimum Gasteiger partial charge on any atom is -0.484 e. The molecule has 0 radical (unpaired) electrons. The van der Waals surface area contributed by atoms with E-state index in [9.17, 15) is 9.59 Å². The first-order chi connectivity index (χ1) is 14.0. The van der Waals surface area contributed by atoms with Gasteiger partial charge in [0.2, 0.25) is 11.9 Å². The molecule has 1 aliphatic rings. The van der Waals surface area contributed by atoms with Crippen molar-refractivity contribution < 1.29 is 14.3 Å². The van der Waals surface area contributed by atoms with Crippen LogP contribution < -0.4 is 15.4 Å². The van der Waals surface area contributed by atoms with E-state index in [2.05, 4.69) is 20.7 Å². The zero-order valence-electron chi connectivity index (χ0n) is 14.9. The average Bonchev–Trinajstić information content (AvgIpc) is 3.17. The molecular formula is C19H15Cl2N5O3. The van der Waals surface area contributed by atoms with Gasteiger partial charge in [0.05, 0.1) is 22.5 Å². The highest BCUT2D eigenvalue weighted by atomic mass is 35.5. The summed E-state index contributed by atoms with van der Waals surface area (Å²) in [7, 11) is 0. The summed E-state index contributed by atoms with van der Waals surface area (Å²) >= 11 is 11.8. The standard InChI is InChI=1S/C19H15Cl2N5O3/c20-14-5-4-12(7-15(14)21)24-18(28)9-29-13-3-1-2-11(6-13)16-8-17(27)25-19-22-10-23-26(16)19/h1-7,10,16H,8-9H2,(H,24,28)(H,22,23,25,27). The number of fused-ring (bicyclic) bond motifs is 1. The normalized spacial score (nSPS) is 15.4. The fraction of sp³-hybridized carbons (Fsp3) is 0.158. The predicted octanol–water partition coefficient (Wildman–Crippen LogP) is 3.53. The van der Waals surface area contributed by atoms with Gasteiger partial charge in [-0.25, -0.2) is 4.68 Å². The van der Waals surface area contributed by atoms with E-state index in [1.807, 2.05) is 6.07 Å². The van der Waals surface area contributed by atoms with Crippen LogP contribution in [0.5, 0.6) is 5.75 Å². The van der Waals surface area contributed by atoms with Gasteiger partial charge in [0, 0.05) is 5.69 Å². The van der Waals surface area contributed by atoms with Crippen LogP contribution in [0, 0.1) is 0 Å². The number of hydrogen-bond donors (Lipinski definition) is 2. The Kier molecular flexibility index (Phi) is 5.37. The Hall–Kier alpha value is -3.10. The van der Waals surface area contributed by atoms with Gasteiger partial charge in [-0.2, -0.15) is 10.1 Å². The van der Waals surface area contributed by atoms with E-state index in [4.69, 9.17) is 27.9 Å². The Morgan fingerprint density at radius 2 is 2.10 bits per heavy atom. The highest BCUT2D eigenvalue weighted by molar-refractivity contribution is 6.42. The Morgan fingerprint density at radius 3 is 2.93 bits per heavy atom. The fourth-order valence-corrected chi connectivity index (χ4v) is 3.29. The first kappa shape index (κ1) is 19.2. The van der Waals surface area contributed by atoms with Gasteiger partial charge in [-0.3, -0.25) is 14.9 Å². The molecule has 0 spiro atoms. The summed E-state index contributed by atoms with van der Waals surface area (Å²) < 4.78 is 7.26. The van der Waals surface area contributed by atoms with Gasteiger partial charge in [-0.05, 0) is 35.9 Å². The maximum absolute atomic E-state index is 12.2. The van der Waals surface area contributed by atoms with Crippen molar-refractivity contribution in [1.29, 1.82) is 0 Å². The van der Waals surface area contributed by atoms with Crippen molar-refractivity contribution in [2.45, 2.75) is 12.5 Å². The molecule has 1 aliphatic heterocycles. The number of carbonyl (C=O) groups is 2. The third-order valence-electron chi connectivity index (χ3n) is 4.31. The van der Waals surface area contributed by atoms with Gasteiger partial charge >= 0.3 is 0 Å². The lowest BCUT2D eigenvalue weighted by Crippen LogP contribution is -2.29. The van der Waals surface area contributed by atoms with Gasteiger partial charge in [0.25, 0.3) is 5.91 Å². The Labute approximate surface area is 175 Å². The molecule has 2 amide bonds. The summed E-state index contributed by atoms with van der Waals surface area (Å²) in [6.45, 7) is -0.191. The van der Waals surface area contributed by atoms with Gasteiger partial charge in [-0.15, -0.1) is 0 Å². The van der Waals surface area contributed by atoms with E-state index in [0.717, 1.165) is 5.56 Å². The molecule has 2 heterocycles. The molecule has 2 aromatic carbocycles. The van der Waals surface area contributed by atoms with Crippen LogP contribution in [0.15, 0.2) is 48.8 Å². The zero-order chi connectivity index (χ0) is 20.4. The van der Waals surface area contributed by atoms with Gasteiger partial charge < -0.3 is 10.1 Å². The lowest BCUT2D eigenvalue weighted by atomic mass is 10.0. The number of ether oxygens (including phenoxy) is 1. The number of carbonyl (C=O) groups excluding carboxylic acids is 2. The van der Waals surface area contributed by atoms with E-state index in [1.54, 1.807) is 41.1 Å². The first-order valence-electron chi connectivity index (χ1n) is 8.66. The highest BCUT2D eigenvalue weighted by Crippen LogP contribution is 2.30. The Balaban J connectivity index is 1.42. The molecule has 8 nitrogen and oxygen atoms in total. The van der Waals surface area contributed by atoms with E-state index in [0.29, 0.717) is 27.4 Å². The van der Waals surface area contributed by atoms with E-state index < -0.39 is 0 Å². The number of aromatic nitrogens is 3. The van der Waals surface area contributed by atoms with Crippen LogP contribution in [0.3, 0.4) is 0 Å². The highest BCUT2D eigenvalue weighted by Gasteiger charge is 2.27. The third kappa shape index (κ3) is 4.33. The number of nitrogens with one attached hydrogen (secondary N) is 2. The van der Waals surface area contributed by atoms with Crippen LogP contribution >= 0.6 is 23.2 Å². The Morgan fingerprint density at radius 1 is 1.24 bits per heavy atom. The minimum absolute atomic E-state index is 0.136. The lowest BCUT2D eigenvalue weighted by Gasteiger charge is -2.24. The quantitative estimate of drug-likeness (QED) is 0.643. The SMILES string of the molecule is O=C(COc1cccc(C2CC(=O)Nc3ncnn32)c1)Nc1ccc(Cl)c(Cl)c1. The van der Waals surface area contributed by atoms with Crippen molar-refractivity contribution in [2.24, 2.45) is 0 Å². The molecule has 1 atom stereocenters. The zero-order valence-corrected chi connectivity index (χ0v) is 16.4. The molecule has 10 heteroatoms. The monoisotopic (exact) mass is 431 g/mol. The second-order valence-electron chi connectivity index (χ2n) is 6.33. The van der Waals surface area contributed by atoms with Crippen LogP contribution in [0.1, 0.15) is 18.0 Å². The topological polar surface area (TPSA) is 98.1 Å². The lowest BCUT2D eigenvalue weighted by molar-refractivity contribution is -0.118. The van der Waals surface area contributed by atoms with Crippen LogP contribution in [-0.4, -0.2) is 33.2 Å². The number of benzene rings is 2. The number of hydrogen-bond acceptors (Lipinski definition) is 5. The van der Waals surface area contributed by atoms with Crippen LogP contribution in [0.2, 0.25) is 10.0 Å². The second kappa shape index (κ2) is 8.10. The molecule has 29 heavy (non-hydrogen) atoms. The smallest absolute Gasteiger partial charge is 0.262 e. The molecular weight excluding hydrogens is 417 g/mol. The summed E-state index contributed by atoms with van der Waals surface area (Å²) in [5.74, 6) is 0.422. The average molecular weight is 432 g/mol. The second-order valence-corrected chi connectivity index (χ2v) is 7.15. The Bertz CT molecular complexity index is 1090. The van der Waals surface area contributed by atoms with Crippen molar-refractivity contribution >= 4 is 46.7 Å². The summed E-state index contributed by atoms with van der Waals surface area (Å²) in [6.07, 6.45) is 1.62. The van der Waals surface area contributed by atoms with Gasteiger partial charge in [-0.1, -0.05) is 35.3 Å². The van der Waals surface area contributed by atoms with Gasteiger partial charge in [0.15, 0.2) is 6.61 Å². The molecule has 4 rings (SSSR count). The van der Waals surface area contributed by atoms with E-state index >= 15 is 0 Å². The molecule has 2 N–H and O–H groups in total. The van der Waals surface area contributed by atoms with Gasteiger partial charge in [0.1, 0.15) is 12.1 Å². The number of anilines is 2. The number of nitrogens with zero attached hydrogens (tertiary/aromatic N) is 3. The number of amides is 2. The first-order valence-corrected chi connectivity index (χ1v) is 9.42. The van der Waals surface area contributed by atoms with Crippen molar-refractivity contribution in [3.8, 4) is 5.75 Å². The summed E-state index contributed by atoms with van der Waals surface area (Å²) in [4.78, 5) is 28.1. The molecule has 0 saturated carbocycles. The minimum atomic E-state index is -0.343. The molecule has 148 valence electrons.